The first-order chi connectivity index (χ1) is 11.3. The maximum atomic E-state index is 5.94. The zero-order valence-electron chi connectivity index (χ0n) is 14.2. The van der Waals surface area contributed by atoms with Gasteiger partial charge in [0.2, 0.25) is 0 Å². The number of hydrogen-bond acceptors (Lipinski definition) is 4. The lowest BCUT2D eigenvalue weighted by molar-refractivity contribution is 0.0307. The van der Waals surface area contributed by atoms with Crippen LogP contribution in [0.1, 0.15) is 25.7 Å². The molecule has 2 fully saturated rings. The second-order valence-corrected chi connectivity index (χ2v) is 6.81. The van der Waals surface area contributed by atoms with Crippen molar-refractivity contribution < 1.29 is 14.2 Å². The monoisotopic (exact) mass is 319 g/mol. The molecule has 23 heavy (non-hydrogen) atoms. The minimum absolute atomic E-state index is 0.677. The number of methoxy groups -OCH3 is 1. The minimum atomic E-state index is 0.677. The van der Waals surface area contributed by atoms with Gasteiger partial charge >= 0.3 is 0 Å². The van der Waals surface area contributed by atoms with E-state index in [1.807, 2.05) is 24.3 Å². The molecule has 2 aliphatic rings. The lowest BCUT2D eigenvalue weighted by Gasteiger charge is -2.35. The fraction of sp³-hybridized carbons (Fsp3) is 0.684. The van der Waals surface area contributed by atoms with E-state index in [1.165, 1.54) is 45.3 Å². The molecule has 3 rings (SSSR count). The Bertz CT molecular complexity index is 448. The van der Waals surface area contributed by atoms with Crippen LogP contribution in [0.2, 0.25) is 0 Å². The number of benzene rings is 1. The van der Waals surface area contributed by atoms with Gasteiger partial charge in [0, 0.05) is 13.2 Å². The summed E-state index contributed by atoms with van der Waals surface area (Å²) in [5.41, 5.74) is 0. The highest BCUT2D eigenvalue weighted by atomic mass is 16.5. The van der Waals surface area contributed by atoms with Gasteiger partial charge in [-0.3, -0.25) is 0 Å². The average molecular weight is 319 g/mol. The number of rotatable bonds is 6. The smallest absolute Gasteiger partial charge is 0.119 e. The fourth-order valence-electron chi connectivity index (χ4n) is 3.54. The molecule has 1 atom stereocenters. The van der Waals surface area contributed by atoms with E-state index in [-0.39, 0.29) is 0 Å². The molecule has 2 heterocycles. The second kappa shape index (κ2) is 8.55. The van der Waals surface area contributed by atoms with E-state index in [0.717, 1.165) is 37.2 Å². The molecule has 128 valence electrons. The Morgan fingerprint density at radius 2 is 1.78 bits per heavy atom. The first-order valence-corrected chi connectivity index (χ1v) is 8.90. The third-order valence-electron chi connectivity index (χ3n) is 5.02. The Balaban J connectivity index is 1.35. The van der Waals surface area contributed by atoms with Crippen LogP contribution in [-0.2, 0) is 4.74 Å². The van der Waals surface area contributed by atoms with E-state index in [4.69, 9.17) is 14.2 Å². The Labute approximate surface area is 139 Å². The van der Waals surface area contributed by atoms with Gasteiger partial charge in [0.15, 0.2) is 0 Å². The molecular weight excluding hydrogens is 290 g/mol. The van der Waals surface area contributed by atoms with Crippen LogP contribution in [0.4, 0.5) is 0 Å². The van der Waals surface area contributed by atoms with Gasteiger partial charge in [-0.2, -0.15) is 0 Å². The van der Waals surface area contributed by atoms with E-state index in [1.54, 1.807) is 7.11 Å². The molecular formula is C19H29NO3. The summed E-state index contributed by atoms with van der Waals surface area (Å²) in [4.78, 5) is 2.61. The quantitative estimate of drug-likeness (QED) is 0.805. The van der Waals surface area contributed by atoms with Gasteiger partial charge in [-0.1, -0.05) is 0 Å². The highest BCUT2D eigenvalue weighted by Gasteiger charge is 2.23. The molecule has 0 saturated carbocycles. The van der Waals surface area contributed by atoms with Crippen LogP contribution in [0, 0.1) is 11.8 Å². The Hall–Kier alpha value is -1.26. The third kappa shape index (κ3) is 5.11. The molecule has 0 N–H and O–H groups in total. The van der Waals surface area contributed by atoms with Gasteiger partial charge in [0.25, 0.3) is 0 Å². The number of nitrogens with zero attached hydrogens (tertiary/aromatic N) is 1. The lowest BCUT2D eigenvalue weighted by atomic mass is 9.95. The topological polar surface area (TPSA) is 30.9 Å². The van der Waals surface area contributed by atoms with Gasteiger partial charge in [0.05, 0.1) is 20.3 Å². The van der Waals surface area contributed by atoms with Crippen molar-refractivity contribution in [3.05, 3.63) is 24.3 Å². The van der Waals surface area contributed by atoms with Crippen LogP contribution in [0.25, 0.3) is 0 Å². The standard InChI is InChI=1S/C19H29NO3/c1-21-18-4-6-19(7-5-18)23-15-16-8-10-20(11-9-16)13-17-3-2-12-22-14-17/h4-7,16-17H,2-3,8-15H2,1H3. The summed E-state index contributed by atoms with van der Waals surface area (Å²) >= 11 is 0. The van der Waals surface area contributed by atoms with Crippen LogP contribution in [0.5, 0.6) is 11.5 Å². The van der Waals surface area contributed by atoms with E-state index < -0.39 is 0 Å². The van der Waals surface area contributed by atoms with Crippen LogP contribution in [-0.4, -0.2) is 51.5 Å². The summed E-state index contributed by atoms with van der Waals surface area (Å²) in [7, 11) is 1.68. The molecule has 1 aromatic rings. The number of ether oxygens (including phenoxy) is 3. The van der Waals surface area contributed by atoms with Gasteiger partial charge in [0.1, 0.15) is 11.5 Å². The van der Waals surface area contributed by atoms with Crippen molar-refractivity contribution in [3.63, 3.8) is 0 Å². The van der Waals surface area contributed by atoms with Crippen molar-refractivity contribution in [2.45, 2.75) is 25.7 Å². The van der Waals surface area contributed by atoms with Gasteiger partial charge in [-0.25, -0.2) is 0 Å². The first-order valence-electron chi connectivity index (χ1n) is 8.90. The van der Waals surface area contributed by atoms with Crippen molar-refractivity contribution in [2.24, 2.45) is 11.8 Å². The highest BCUT2D eigenvalue weighted by molar-refractivity contribution is 5.31. The van der Waals surface area contributed by atoms with Crippen LogP contribution >= 0.6 is 0 Å². The Kier molecular flexibility index (Phi) is 6.17. The van der Waals surface area contributed by atoms with E-state index >= 15 is 0 Å². The van der Waals surface area contributed by atoms with Crippen molar-refractivity contribution in [3.8, 4) is 11.5 Å². The van der Waals surface area contributed by atoms with Gasteiger partial charge in [-0.05, 0) is 74.9 Å². The zero-order chi connectivity index (χ0) is 15.9. The van der Waals surface area contributed by atoms with E-state index in [9.17, 15) is 0 Å². The van der Waals surface area contributed by atoms with Gasteiger partial charge < -0.3 is 19.1 Å². The average Bonchev–Trinajstić information content (AvgIpc) is 2.62. The Morgan fingerprint density at radius 1 is 1.04 bits per heavy atom. The largest absolute Gasteiger partial charge is 0.497 e. The third-order valence-corrected chi connectivity index (χ3v) is 5.02. The molecule has 1 unspecified atom stereocenters. The van der Waals surface area contributed by atoms with Crippen molar-refractivity contribution >= 4 is 0 Å². The van der Waals surface area contributed by atoms with Crippen molar-refractivity contribution in [2.75, 3.05) is 46.6 Å². The molecule has 2 aliphatic heterocycles. The predicted octanol–water partition coefficient (Wildman–Crippen LogP) is 3.21. The van der Waals surface area contributed by atoms with Crippen LogP contribution in [0.15, 0.2) is 24.3 Å². The summed E-state index contributed by atoms with van der Waals surface area (Å²) in [5, 5.41) is 0. The summed E-state index contributed by atoms with van der Waals surface area (Å²) in [5.74, 6) is 3.23. The fourth-order valence-corrected chi connectivity index (χ4v) is 3.54. The summed E-state index contributed by atoms with van der Waals surface area (Å²) < 4.78 is 16.7. The zero-order valence-corrected chi connectivity index (χ0v) is 14.2. The number of hydrogen-bond donors (Lipinski definition) is 0. The maximum absolute atomic E-state index is 5.94. The highest BCUT2D eigenvalue weighted by Crippen LogP contribution is 2.23. The Morgan fingerprint density at radius 3 is 2.43 bits per heavy atom. The number of piperidine rings is 1. The summed E-state index contributed by atoms with van der Waals surface area (Å²) in [6, 6.07) is 7.86. The van der Waals surface area contributed by atoms with Crippen molar-refractivity contribution in [1.29, 1.82) is 0 Å². The summed E-state index contributed by atoms with van der Waals surface area (Å²) in [6.45, 7) is 6.36. The van der Waals surface area contributed by atoms with Gasteiger partial charge in [-0.15, -0.1) is 0 Å². The molecule has 0 radical (unpaired) electrons. The lowest BCUT2D eigenvalue weighted by Crippen LogP contribution is -2.40. The predicted molar refractivity (Wildman–Crippen MR) is 91.2 cm³/mol. The molecule has 1 aromatic carbocycles. The van der Waals surface area contributed by atoms with E-state index in [0.29, 0.717) is 5.92 Å². The normalized spacial score (nSPS) is 23.6. The first kappa shape index (κ1) is 16.6. The minimum Gasteiger partial charge on any atom is -0.497 e. The summed E-state index contributed by atoms with van der Waals surface area (Å²) in [6.07, 6.45) is 5.05. The molecule has 0 aliphatic carbocycles. The van der Waals surface area contributed by atoms with Crippen molar-refractivity contribution in [1.82, 2.24) is 4.90 Å². The molecule has 0 spiro atoms. The van der Waals surface area contributed by atoms with Crippen LogP contribution < -0.4 is 9.47 Å². The van der Waals surface area contributed by atoms with E-state index in [2.05, 4.69) is 4.90 Å². The second-order valence-electron chi connectivity index (χ2n) is 6.81. The molecule has 4 heteroatoms. The molecule has 0 bridgehead atoms. The molecule has 2 saturated heterocycles. The SMILES string of the molecule is COc1ccc(OCC2CCN(CC3CCCOC3)CC2)cc1. The maximum Gasteiger partial charge on any atom is 0.119 e. The van der Waals surface area contributed by atoms with Crippen LogP contribution in [0.3, 0.4) is 0 Å². The molecule has 0 aromatic heterocycles. The molecule has 0 amide bonds. The number of likely N-dealkylation sites (tertiary alicyclic amines) is 1. The molecule has 4 nitrogen and oxygen atoms in total.